The van der Waals surface area contributed by atoms with Crippen molar-refractivity contribution >= 4 is 11.8 Å². The summed E-state index contributed by atoms with van der Waals surface area (Å²) in [7, 11) is 1.59. The molecule has 1 fully saturated rings. The summed E-state index contributed by atoms with van der Waals surface area (Å²) in [5.41, 5.74) is -1.34. The van der Waals surface area contributed by atoms with Crippen molar-refractivity contribution in [1.29, 1.82) is 0 Å². The lowest BCUT2D eigenvalue weighted by atomic mass is 9.97. The molecule has 0 spiro atoms. The zero-order valence-electron chi connectivity index (χ0n) is 11.8. The standard InChI is InChI=1S/C15H18O5/c1-14(2)12(16)15(14,13(17)18)9-20-8-10-4-6-11(19-3)7-5-10/h4-7H,8-9H2,1-3H3,(H,17,18). The van der Waals surface area contributed by atoms with Gasteiger partial charge in [-0.2, -0.15) is 0 Å². The number of methoxy groups -OCH3 is 1. The lowest BCUT2D eigenvalue weighted by Crippen LogP contribution is -2.27. The molecular formula is C15H18O5. The Balaban J connectivity index is 1.95. The van der Waals surface area contributed by atoms with Crippen molar-refractivity contribution in [1.82, 2.24) is 0 Å². The third kappa shape index (κ3) is 2.08. The molecule has 1 aromatic rings. The second-order valence-electron chi connectivity index (χ2n) is 5.51. The lowest BCUT2D eigenvalue weighted by Gasteiger charge is -2.13. The van der Waals surface area contributed by atoms with Gasteiger partial charge < -0.3 is 14.6 Å². The van der Waals surface area contributed by atoms with Crippen molar-refractivity contribution in [3.8, 4) is 5.75 Å². The number of benzene rings is 1. The first kappa shape index (κ1) is 14.5. The molecule has 0 bridgehead atoms. The van der Waals surface area contributed by atoms with E-state index < -0.39 is 16.8 Å². The van der Waals surface area contributed by atoms with Gasteiger partial charge in [-0.3, -0.25) is 9.59 Å². The number of ketones is 1. The van der Waals surface area contributed by atoms with Crippen LogP contribution >= 0.6 is 0 Å². The molecule has 1 saturated carbocycles. The van der Waals surface area contributed by atoms with Crippen LogP contribution in [0.25, 0.3) is 0 Å². The van der Waals surface area contributed by atoms with Gasteiger partial charge in [-0.15, -0.1) is 0 Å². The Bertz CT molecular complexity index is 532. The van der Waals surface area contributed by atoms with E-state index in [2.05, 4.69) is 0 Å². The number of rotatable bonds is 6. The molecule has 0 saturated heterocycles. The molecule has 1 aliphatic carbocycles. The smallest absolute Gasteiger partial charge is 0.320 e. The van der Waals surface area contributed by atoms with E-state index in [1.54, 1.807) is 33.1 Å². The molecule has 1 N–H and O–H groups in total. The molecule has 1 aliphatic rings. The number of carboxylic acid groups (broad SMARTS) is 1. The minimum Gasteiger partial charge on any atom is -0.497 e. The van der Waals surface area contributed by atoms with Gasteiger partial charge in [0, 0.05) is 0 Å². The second kappa shape index (κ2) is 4.90. The number of carboxylic acids is 1. The summed E-state index contributed by atoms with van der Waals surface area (Å²) in [6.07, 6.45) is 0. The van der Waals surface area contributed by atoms with Crippen LogP contribution in [-0.2, 0) is 20.9 Å². The molecule has 2 rings (SSSR count). The molecule has 0 aliphatic heterocycles. The van der Waals surface area contributed by atoms with Crippen LogP contribution in [0.3, 0.4) is 0 Å². The van der Waals surface area contributed by atoms with Crippen LogP contribution in [0.15, 0.2) is 24.3 Å². The van der Waals surface area contributed by atoms with Crippen molar-refractivity contribution < 1.29 is 24.2 Å². The maximum absolute atomic E-state index is 11.8. The maximum atomic E-state index is 11.8. The predicted octanol–water partition coefficient (Wildman–Crippen LogP) is 1.89. The molecule has 20 heavy (non-hydrogen) atoms. The topological polar surface area (TPSA) is 72.8 Å². The molecule has 5 nitrogen and oxygen atoms in total. The van der Waals surface area contributed by atoms with E-state index in [1.165, 1.54) is 0 Å². The Labute approximate surface area is 117 Å². The summed E-state index contributed by atoms with van der Waals surface area (Å²) in [6.45, 7) is 3.45. The van der Waals surface area contributed by atoms with Gasteiger partial charge >= 0.3 is 5.97 Å². The Morgan fingerprint density at radius 2 is 1.80 bits per heavy atom. The van der Waals surface area contributed by atoms with Crippen LogP contribution in [0.4, 0.5) is 0 Å². The monoisotopic (exact) mass is 278 g/mol. The number of hydrogen-bond donors (Lipinski definition) is 1. The Morgan fingerprint density at radius 3 is 2.20 bits per heavy atom. The SMILES string of the molecule is COc1ccc(COCC2(C(=O)O)C(=O)C2(C)C)cc1. The highest BCUT2D eigenvalue weighted by Crippen LogP contribution is 2.59. The number of aliphatic carboxylic acids is 1. The zero-order valence-corrected chi connectivity index (χ0v) is 11.8. The van der Waals surface area contributed by atoms with Gasteiger partial charge in [-0.1, -0.05) is 26.0 Å². The molecule has 0 amide bonds. The first-order valence-corrected chi connectivity index (χ1v) is 6.35. The molecule has 108 valence electrons. The fourth-order valence-electron chi connectivity index (χ4n) is 2.41. The van der Waals surface area contributed by atoms with E-state index in [4.69, 9.17) is 9.47 Å². The minimum atomic E-state index is -1.39. The van der Waals surface area contributed by atoms with Gasteiger partial charge in [0.2, 0.25) is 0 Å². The van der Waals surface area contributed by atoms with Crippen molar-refractivity contribution in [2.24, 2.45) is 10.8 Å². The van der Waals surface area contributed by atoms with Crippen molar-refractivity contribution in [3.05, 3.63) is 29.8 Å². The van der Waals surface area contributed by atoms with E-state index in [-0.39, 0.29) is 19.0 Å². The maximum Gasteiger partial charge on any atom is 0.320 e. The number of ether oxygens (including phenoxy) is 2. The third-order valence-electron chi connectivity index (χ3n) is 4.07. The van der Waals surface area contributed by atoms with E-state index in [1.807, 2.05) is 12.1 Å². The highest BCUT2D eigenvalue weighted by atomic mass is 16.5. The van der Waals surface area contributed by atoms with Gasteiger partial charge in [0.15, 0.2) is 11.2 Å². The summed E-state index contributed by atoms with van der Waals surface area (Å²) >= 11 is 0. The van der Waals surface area contributed by atoms with Gasteiger partial charge in [0.1, 0.15) is 5.75 Å². The summed E-state index contributed by atoms with van der Waals surface area (Å²) in [4.78, 5) is 23.1. The minimum absolute atomic E-state index is 0.0970. The number of carbonyl (C=O) groups is 2. The molecule has 1 unspecified atom stereocenters. The molecular weight excluding hydrogens is 260 g/mol. The van der Waals surface area contributed by atoms with Gasteiger partial charge in [-0.05, 0) is 17.7 Å². The normalized spacial score (nSPS) is 23.4. The highest BCUT2D eigenvalue weighted by Gasteiger charge is 2.77. The fraction of sp³-hybridized carbons (Fsp3) is 0.467. The van der Waals surface area contributed by atoms with Crippen LogP contribution < -0.4 is 4.74 Å². The van der Waals surface area contributed by atoms with Crippen molar-refractivity contribution in [2.45, 2.75) is 20.5 Å². The Kier molecular flexibility index (Phi) is 3.56. The number of Topliss-reactive ketones (excluding diaryl/α,β-unsaturated/α-hetero) is 1. The van der Waals surface area contributed by atoms with Crippen LogP contribution in [0.2, 0.25) is 0 Å². The van der Waals surface area contributed by atoms with E-state index in [0.29, 0.717) is 0 Å². The average Bonchev–Trinajstić information content (AvgIpc) is 2.86. The summed E-state index contributed by atoms with van der Waals surface area (Å²) in [6, 6.07) is 7.29. The molecule has 0 heterocycles. The van der Waals surface area contributed by atoms with Gasteiger partial charge in [-0.25, -0.2) is 0 Å². The molecule has 1 aromatic carbocycles. The molecule has 1 atom stereocenters. The van der Waals surface area contributed by atoms with Gasteiger partial charge in [0.05, 0.1) is 25.7 Å². The average molecular weight is 278 g/mol. The molecule has 0 aromatic heterocycles. The van der Waals surface area contributed by atoms with Crippen LogP contribution in [0.1, 0.15) is 19.4 Å². The third-order valence-corrected chi connectivity index (χ3v) is 4.07. The fourth-order valence-corrected chi connectivity index (χ4v) is 2.41. The number of hydrogen-bond acceptors (Lipinski definition) is 4. The second-order valence-corrected chi connectivity index (χ2v) is 5.51. The van der Waals surface area contributed by atoms with Crippen LogP contribution in [0.5, 0.6) is 5.75 Å². The number of carbonyl (C=O) groups excluding carboxylic acids is 1. The lowest BCUT2D eigenvalue weighted by molar-refractivity contribution is -0.149. The Morgan fingerprint density at radius 1 is 1.25 bits per heavy atom. The van der Waals surface area contributed by atoms with Crippen LogP contribution in [-0.4, -0.2) is 30.6 Å². The summed E-state index contributed by atoms with van der Waals surface area (Å²) < 4.78 is 10.5. The van der Waals surface area contributed by atoms with Crippen molar-refractivity contribution in [2.75, 3.05) is 13.7 Å². The van der Waals surface area contributed by atoms with E-state index >= 15 is 0 Å². The molecule has 5 heteroatoms. The predicted molar refractivity (Wildman–Crippen MR) is 71.5 cm³/mol. The van der Waals surface area contributed by atoms with E-state index in [0.717, 1.165) is 11.3 Å². The van der Waals surface area contributed by atoms with Gasteiger partial charge in [0.25, 0.3) is 0 Å². The largest absolute Gasteiger partial charge is 0.497 e. The highest BCUT2D eigenvalue weighted by molar-refractivity contribution is 6.22. The van der Waals surface area contributed by atoms with E-state index in [9.17, 15) is 14.7 Å². The summed E-state index contributed by atoms with van der Waals surface area (Å²) in [5, 5.41) is 9.26. The van der Waals surface area contributed by atoms with Crippen LogP contribution in [0, 0.1) is 10.8 Å². The summed E-state index contributed by atoms with van der Waals surface area (Å²) in [5.74, 6) is -0.635. The first-order valence-electron chi connectivity index (χ1n) is 6.35. The first-order chi connectivity index (χ1) is 9.36. The quantitative estimate of drug-likeness (QED) is 0.804. The Hall–Kier alpha value is -1.88. The zero-order chi connectivity index (χ0) is 15.0. The molecule has 0 radical (unpaired) electrons. The van der Waals surface area contributed by atoms with Crippen molar-refractivity contribution in [3.63, 3.8) is 0 Å².